The van der Waals surface area contributed by atoms with Gasteiger partial charge in [-0.1, -0.05) is 55.8 Å². The van der Waals surface area contributed by atoms with Gasteiger partial charge in [-0.05, 0) is 48.7 Å². The van der Waals surface area contributed by atoms with E-state index in [9.17, 15) is 14.0 Å². The summed E-state index contributed by atoms with van der Waals surface area (Å²) in [6.45, 7) is 3.02. The minimum absolute atomic E-state index is 0.0648. The Labute approximate surface area is 187 Å². The van der Waals surface area contributed by atoms with E-state index < -0.39 is 5.66 Å². The number of amides is 2. The van der Waals surface area contributed by atoms with E-state index in [1.807, 2.05) is 36.4 Å². The van der Waals surface area contributed by atoms with Crippen LogP contribution in [0.25, 0.3) is 0 Å². The van der Waals surface area contributed by atoms with Crippen LogP contribution in [-0.4, -0.2) is 34.7 Å². The number of benzene rings is 3. The Morgan fingerprint density at radius 1 is 0.969 bits per heavy atom. The Bertz CT molecular complexity index is 1170. The molecule has 1 fully saturated rings. The Balaban J connectivity index is 1.66. The van der Waals surface area contributed by atoms with E-state index in [0.29, 0.717) is 24.2 Å². The molecule has 1 atom stereocenters. The zero-order valence-electron chi connectivity index (χ0n) is 18.1. The van der Waals surface area contributed by atoms with Crippen LogP contribution in [0.4, 0.5) is 4.39 Å². The monoisotopic (exact) mass is 428 g/mol. The van der Waals surface area contributed by atoms with Crippen molar-refractivity contribution in [2.75, 3.05) is 13.1 Å². The first-order valence-electron chi connectivity index (χ1n) is 11.2. The Morgan fingerprint density at radius 2 is 1.69 bits per heavy atom. The summed E-state index contributed by atoms with van der Waals surface area (Å²) < 4.78 is 13.5. The van der Waals surface area contributed by atoms with Crippen molar-refractivity contribution in [3.05, 3.63) is 106 Å². The summed E-state index contributed by atoms with van der Waals surface area (Å²) in [5, 5.41) is 0. The SMILES string of the molecule is CCCCc1ccc(C23c4ccccc4C(=O)N2CCN3C(=O)c2ccc(F)cc2)cc1. The van der Waals surface area contributed by atoms with Crippen molar-refractivity contribution in [1.82, 2.24) is 9.80 Å². The smallest absolute Gasteiger partial charge is 0.256 e. The number of unbranched alkanes of at least 4 members (excludes halogenated alkanes) is 1. The quantitative estimate of drug-likeness (QED) is 0.575. The van der Waals surface area contributed by atoms with Crippen molar-refractivity contribution >= 4 is 11.8 Å². The van der Waals surface area contributed by atoms with E-state index in [4.69, 9.17) is 0 Å². The van der Waals surface area contributed by atoms with Gasteiger partial charge in [0.2, 0.25) is 0 Å². The molecule has 0 aliphatic carbocycles. The molecule has 2 heterocycles. The molecule has 5 rings (SSSR count). The highest BCUT2D eigenvalue weighted by Crippen LogP contribution is 2.50. The van der Waals surface area contributed by atoms with E-state index in [1.165, 1.54) is 29.8 Å². The number of carbonyl (C=O) groups is 2. The second kappa shape index (κ2) is 7.90. The highest BCUT2D eigenvalue weighted by atomic mass is 19.1. The van der Waals surface area contributed by atoms with Gasteiger partial charge >= 0.3 is 0 Å². The van der Waals surface area contributed by atoms with Gasteiger partial charge in [0.25, 0.3) is 11.8 Å². The molecule has 0 saturated carbocycles. The lowest BCUT2D eigenvalue weighted by Crippen LogP contribution is -2.51. The van der Waals surface area contributed by atoms with Crippen LogP contribution in [0, 0.1) is 5.82 Å². The summed E-state index contributed by atoms with van der Waals surface area (Å²) in [5.41, 5.74) is 2.99. The number of rotatable bonds is 5. The maximum absolute atomic E-state index is 13.7. The first kappa shape index (κ1) is 20.4. The van der Waals surface area contributed by atoms with Crippen molar-refractivity contribution in [3.8, 4) is 0 Å². The van der Waals surface area contributed by atoms with Crippen LogP contribution in [0.3, 0.4) is 0 Å². The summed E-state index contributed by atoms with van der Waals surface area (Å²) in [7, 11) is 0. The first-order valence-corrected chi connectivity index (χ1v) is 11.2. The zero-order chi connectivity index (χ0) is 22.3. The molecule has 0 spiro atoms. The first-order chi connectivity index (χ1) is 15.6. The van der Waals surface area contributed by atoms with E-state index in [0.717, 1.165) is 30.4 Å². The van der Waals surface area contributed by atoms with E-state index in [1.54, 1.807) is 9.80 Å². The van der Waals surface area contributed by atoms with Gasteiger partial charge in [0.05, 0.1) is 0 Å². The molecule has 4 nitrogen and oxygen atoms in total. The van der Waals surface area contributed by atoms with Crippen LogP contribution in [-0.2, 0) is 12.1 Å². The fourth-order valence-electron chi connectivity index (χ4n) is 5.08. The van der Waals surface area contributed by atoms with Gasteiger partial charge in [0.1, 0.15) is 5.82 Å². The number of hydrogen-bond donors (Lipinski definition) is 0. The van der Waals surface area contributed by atoms with Gasteiger partial charge < -0.3 is 9.80 Å². The third kappa shape index (κ3) is 2.95. The molecule has 162 valence electrons. The summed E-state index contributed by atoms with van der Waals surface area (Å²) in [5.74, 6) is -0.666. The predicted octanol–water partition coefficient (Wildman–Crippen LogP) is 4.98. The second-order valence-corrected chi connectivity index (χ2v) is 8.44. The standard InChI is InChI=1S/C27H25FN2O2/c1-2-3-6-19-9-13-21(14-10-19)27-24-8-5-4-7-23(24)26(32)30(27)18-17-29(27)25(31)20-11-15-22(28)16-12-20/h4-5,7-16H,2-3,6,17-18H2,1H3. The number of fused-ring (bicyclic) bond motifs is 3. The topological polar surface area (TPSA) is 40.6 Å². The highest BCUT2D eigenvalue weighted by molar-refractivity contribution is 6.03. The molecule has 0 radical (unpaired) electrons. The number of halogens is 1. The summed E-state index contributed by atoms with van der Waals surface area (Å²) in [6.07, 6.45) is 3.25. The molecule has 3 aromatic carbocycles. The molecule has 0 aromatic heterocycles. The average molecular weight is 429 g/mol. The third-order valence-corrected chi connectivity index (χ3v) is 6.62. The van der Waals surface area contributed by atoms with E-state index in [-0.39, 0.29) is 17.6 Å². The molecule has 2 aliphatic rings. The van der Waals surface area contributed by atoms with Crippen molar-refractivity contribution in [2.24, 2.45) is 0 Å². The summed E-state index contributed by atoms with van der Waals surface area (Å²) >= 11 is 0. The Morgan fingerprint density at radius 3 is 2.41 bits per heavy atom. The summed E-state index contributed by atoms with van der Waals surface area (Å²) in [4.78, 5) is 30.6. The molecule has 32 heavy (non-hydrogen) atoms. The minimum Gasteiger partial charge on any atom is -0.306 e. The molecule has 3 aromatic rings. The van der Waals surface area contributed by atoms with E-state index in [2.05, 4.69) is 19.1 Å². The number of hydrogen-bond acceptors (Lipinski definition) is 2. The predicted molar refractivity (Wildman–Crippen MR) is 121 cm³/mol. The van der Waals surface area contributed by atoms with Crippen LogP contribution in [0.5, 0.6) is 0 Å². The highest BCUT2D eigenvalue weighted by Gasteiger charge is 2.59. The largest absolute Gasteiger partial charge is 0.306 e. The molecular weight excluding hydrogens is 403 g/mol. The van der Waals surface area contributed by atoms with Gasteiger partial charge in [-0.25, -0.2) is 4.39 Å². The maximum Gasteiger partial charge on any atom is 0.256 e. The zero-order valence-corrected chi connectivity index (χ0v) is 18.1. The van der Waals surface area contributed by atoms with Crippen molar-refractivity contribution < 1.29 is 14.0 Å². The van der Waals surface area contributed by atoms with Crippen molar-refractivity contribution in [3.63, 3.8) is 0 Å². The lowest BCUT2D eigenvalue weighted by atomic mass is 9.88. The molecule has 1 unspecified atom stereocenters. The fourth-order valence-corrected chi connectivity index (χ4v) is 5.08. The number of nitrogens with zero attached hydrogens (tertiary/aromatic N) is 2. The Hall–Kier alpha value is -3.47. The second-order valence-electron chi connectivity index (χ2n) is 8.44. The molecule has 0 bridgehead atoms. The van der Waals surface area contributed by atoms with Crippen LogP contribution in [0.15, 0.2) is 72.8 Å². The van der Waals surface area contributed by atoms with Gasteiger partial charge in [-0.2, -0.15) is 0 Å². The number of aryl methyl sites for hydroxylation is 1. The average Bonchev–Trinajstić information content (AvgIpc) is 3.34. The Kier molecular flexibility index (Phi) is 5.04. The lowest BCUT2D eigenvalue weighted by Gasteiger charge is -2.40. The molecular formula is C27H25FN2O2. The van der Waals surface area contributed by atoms with E-state index >= 15 is 0 Å². The van der Waals surface area contributed by atoms with Gasteiger partial charge in [-0.3, -0.25) is 9.59 Å². The minimum atomic E-state index is -0.998. The van der Waals surface area contributed by atoms with Crippen LogP contribution in [0.2, 0.25) is 0 Å². The maximum atomic E-state index is 13.7. The molecule has 5 heteroatoms. The normalized spacial score (nSPS) is 19.2. The molecule has 2 amide bonds. The van der Waals surface area contributed by atoms with Crippen LogP contribution < -0.4 is 0 Å². The van der Waals surface area contributed by atoms with Crippen molar-refractivity contribution in [1.29, 1.82) is 0 Å². The molecule has 1 saturated heterocycles. The lowest BCUT2D eigenvalue weighted by molar-refractivity contribution is 0.0375. The fraction of sp³-hybridized carbons (Fsp3) is 0.259. The molecule has 2 aliphatic heterocycles. The van der Waals surface area contributed by atoms with Gasteiger partial charge in [0.15, 0.2) is 5.66 Å². The van der Waals surface area contributed by atoms with Gasteiger partial charge in [-0.15, -0.1) is 0 Å². The van der Waals surface area contributed by atoms with Crippen LogP contribution >= 0.6 is 0 Å². The summed E-state index contributed by atoms with van der Waals surface area (Å²) in [6, 6.07) is 21.4. The van der Waals surface area contributed by atoms with Gasteiger partial charge in [0, 0.05) is 35.3 Å². The van der Waals surface area contributed by atoms with Crippen LogP contribution in [0.1, 0.15) is 57.2 Å². The molecule has 0 N–H and O–H groups in total. The third-order valence-electron chi connectivity index (χ3n) is 6.62. The number of carbonyl (C=O) groups excluding carboxylic acids is 2. The van der Waals surface area contributed by atoms with Crippen molar-refractivity contribution in [2.45, 2.75) is 31.8 Å².